The van der Waals surface area contributed by atoms with Gasteiger partial charge in [0.25, 0.3) is 0 Å². The van der Waals surface area contributed by atoms with E-state index in [0.29, 0.717) is 32.5 Å². The second-order valence-corrected chi connectivity index (χ2v) is 26.5. The number of fused-ring (bicyclic) bond motifs is 3. The molecule has 0 amide bonds. The molecule has 1 N–H and O–H groups in total. The predicted molar refractivity (Wildman–Crippen MR) is 383 cm³/mol. The first kappa shape index (κ1) is 68.9. The van der Waals surface area contributed by atoms with E-state index in [4.69, 9.17) is 18.9 Å². The van der Waals surface area contributed by atoms with Crippen LogP contribution in [-0.2, 0) is 4.79 Å². The fourth-order valence-corrected chi connectivity index (χ4v) is 14.5. The number of carboxylic acids is 1. The SMILES string of the molecule is CCCCCCOc1ccc(-c2ccc(N(c3ccc(-c4cc5c(s4)c4sc(/C=C(\C#N)C(=O)O)cc4n5C(CCCCCC)CCCCCC)cc3)c3ccc(-c4ccc(OCCCCCC)cc4OCCCCCC)cc3)cc2)c(OCCCCCC)c1. The largest absolute Gasteiger partial charge is 0.493 e. The molecule has 0 aliphatic carbocycles. The highest BCUT2D eigenvalue weighted by molar-refractivity contribution is 7.29. The number of benzene rings is 5. The average Bonchev–Trinajstić information content (AvgIpc) is 1.57. The Kier molecular flexibility index (Phi) is 28.6. The van der Waals surface area contributed by atoms with Gasteiger partial charge in [-0.05, 0) is 134 Å². The third-order valence-electron chi connectivity index (χ3n) is 17.2. The maximum Gasteiger partial charge on any atom is 0.346 e. The van der Waals surface area contributed by atoms with Crippen LogP contribution in [0.2, 0.25) is 0 Å². The monoisotopic (exact) mass is 1250 g/mol. The molecule has 0 saturated heterocycles. The van der Waals surface area contributed by atoms with E-state index in [-0.39, 0.29) is 5.57 Å². The van der Waals surface area contributed by atoms with Crippen molar-refractivity contribution in [1.82, 2.24) is 4.57 Å². The molecular weight excluding hydrogens is 1150 g/mol. The van der Waals surface area contributed by atoms with E-state index in [1.807, 2.05) is 6.07 Å². The normalized spacial score (nSPS) is 11.7. The van der Waals surface area contributed by atoms with Gasteiger partial charge < -0.3 is 33.5 Å². The van der Waals surface area contributed by atoms with E-state index in [2.05, 4.69) is 172 Å². The maximum atomic E-state index is 12.1. The van der Waals surface area contributed by atoms with Crippen LogP contribution in [-0.4, -0.2) is 42.1 Å². The lowest BCUT2D eigenvalue weighted by Crippen LogP contribution is -2.10. The zero-order valence-corrected chi connectivity index (χ0v) is 56.7. The minimum atomic E-state index is -1.21. The molecule has 0 aliphatic rings. The quantitative estimate of drug-likeness (QED) is 0.0229. The summed E-state index contributed by atoms with van der Waals surface area (Å²) in [5, 5.41) is 19.6. The molecule has 5 aromatic carbocycles. The highest BCUT2D eigenvalue weighted by Crippen LogP contribution is 2.48. The summed E-state index contributed by atoms with van der Waals surface area (Å²) in [5.41, 5.74) is 10.6. The molecule has 0 unspecified atom stereocenters. The molecule has 3 aromatic heterocycles. The number of anilines is 3. The molecule has 9 nitrogen and oxygen atoms in total. The third kappa shape index (κ3) is 19.5. The summed E-state index contributed by atoms with van der Waals surface area (Å²) in [4.78, 5) is 16.4. The van der Waals surface area contributed by atoms with Gasteiger partial charge in [-0.3, -0.25) is 0 Å². The van der Waals surface area contributed by atoms with Gasteiger partial charge in [0.15, 0.2) is 0 Å². The molecule has 0 fully saturated rings. The Morgan fingerprint density at radius 2 is 0.867 bits per heavy atom. The van der Waals surface area contributed by atoms with Crippen LogP contribution in [0.5, 0.6) is 23.0 Å². The Morgan fingerprint density at radius 1 is 0.478 bits per heavy atom. The van der Waals surface area contributed by atoms with Crippen molar-refractivity contribution in [3.8, 4) is 61.8 Å². The number of hydrogen-bond donors (Lipinski definition) is 1. The van der Waals surface area contributed by atoms with Crippen molar-refractivity contribution in [2.45, 2.75) is 215 Å². The topological polar surface area (TPSA) is 106 Å². The molecule has 0 spiro atoms. The van der Waals surface area contributed by atoms with Gasteiger partial charge in [0, 0.05) is 56.1 Å². The summed E-state index contributed by atoms with van der Waals surface area (Å²) in [6, 6.07) is 46.2. The number of rotatable bonds is 43. The average molecular weight is 1250 g/mol. The highest BCUT2D eigenvalue weighted by Gasteiger charge is 2.25. The highest BCUT2D eigenvalue weighted by atomic mass is 32.1. The van der Waals surface area contributed by atoms with Crippen LogP contribution < -0.4 is 23.8 Å². The zero-order valence-electron chi connectivity index (χ0n) is 55.1. The van der Waals surface area contributed by atoms with Crippen LogP contribution in [0.4, 0.5) is 17.1 Å². The lowest BCUT2D eigenvalue weighted by atomic mass is 10.0. The smallest absolute Gasteiger partial charge is 0.346 e. The van der Waals surface area contributed by atoms with E-state index in [1.54, 1.807) is 22.7 Å². The number of hydrogen-bond acceptors (Lipinski definition) is 9. The molecule has 0 bridgehead atoms. The number of nitrogens with zero attached hydrogens (tertiary/aromatic N) is 3. The summed E-state index contributed by atoms with van der Waals surface area (Å²) >= 11 is 3.39. The van der Waals surface area contributed by atoms with Crippen molar-refractivity contribution in [3.05, 3.63) is 132 Å². The summed E-state index contributed by atoms with van der Waals surface area (Å²) in [6.45, 7) is 16.2. The van der Waals surface area contributed by atoms with Gasteiger partial charge in [0.05, 0.1) is 46.9 Å². The molecular formula is C79H101N3O6S2. The van der Waals surface area contributed by atoms with Gasteiger partial charge in [0.2, 0.25) is 0 Å². The van der Waals surface area contributed by atoms with E-state index >= 15 is 0 Å². The van der Waals surface area contributed by atoms with Crippen LogP contribution in [0.25, 0.3) is 59.2 Å². The number of carbonyl (C=O) groups is 1. The van der Waals surface area contributed by atoms with Crippen molar-refractivity contribution in [3.63, 3.8) is 0 Å². The van der Waals surface area contributed by atoms with E-state index in [9.17, 15) is 15.2 Å². The number of thiophene rings is 2. The fourth-order valence-electron chi connectivity index (χ4n) is 12.1. The predicted octanol–water partition coefficient (Wildman–Crippen LogP) is 24.7. The Labute approximate surface area is 547 Å². The third-order valence-corrected chi connectivity index (χ3v) is 19.6. The van der Waals surface area contributed by atoms with E-state index in [0.717, 1.165) is 147 Å². The molecule has 8 aromatic rings. The van der Waals surface area contributed by atoms with Crippen molar-refractivity contribution >= 4 is 72.2 Å². The molecule has 0 aliphatic heterocycles. The number of carboxylic acid groups (broad SMARTS) is 1. The minimum Gasteiger partial charge on any atom is -0.493 e. The second kappa shape index (κ2) is 37.4. The van der Waals surface area contributed by atoms with Gasteiger partial charge in [-0.25, -0.2) is 4.79 Å². The molecule has 0 atom stereocenters. The summed E-state index contributed by atoms with van der Waals surface area (Å²) in [5.74, 6) is 2.18. The van der Waals surface area contributed by atoms with Crippen molar-refractivity contribution in [1.29, 1.82) is 5.26 Å². The molecule has 0 radical (unpaired) electrons. The van der Waals surface area contributed by atoms with Gasteiger partial charge in [-0.1, -0.05) is 206 Å². The number of ether oxygens (including phenoxy) is 4. The first-order valence-electron chi connectivity index (χ1n) is 34.5. The molecule has 90 heavy (non-hydrogen) atoms. The summed E-state index contributed by atoms with van der Waals surface area (Å²) in [6.07, 6.45) is 31.6. The Balaban J connectivity index is 1.17. The van der Waals surface area contributed by atoms with Crippen LogP contribution >= 0.6 is 22.7 Å². The lowest BCUT2D eigenvalue weighted by molar-refractivity contribution is -0.132. The van der Waals surface area contributed by atoms with Crippen molar-refractivity contribution in [2.75, 3.05) is 31.3 Å². The first-order valence-corrected chi connectivity index (χ1v) is 36.2. The van der Waals surface area contributed by atoms with Crippen LogP contribution in [0, 0.1) is 11.3 Å². The second-order valence-electron chi connectivity index (χ2n) is 24.3. The van der Waals surface area contributed by atoms with Crippen molar-refractivity contribution in [2.24, 2.45) is 0 Å². The number of unbranched alkanes of at least 4 members (excludes halogenated alkanes) is 18. The zero-order chi connectivity index (χ0) is 63.3. The Bertz CT molecular complexity index is 3360. The minimum absolute atomic E-state index is 0.252. The van der Waals surface area contributed by atoms with Gasteiger partial charge in [-0.15, -0.1) is 22.7 Å². The standard InChI is InChI=1S/C79H101N3O6S2/c1-7-13-19-25-31-63(32-26-20-14-8-2)82-72-56-69(53-62(58-80)79(83)84)89-77(72)78-73(82)57-76(90-78)61-37-43-66(44-38-61)81(64-39-33-59(34-40-64)70-47-45-67(85-49-27-21-15-9-3)54-74(70)87-51-29-23-17-11-5)65-41-35-60(36-42-65)71-48-46-68(86-50-28-22-16-10-4)55-75(71)88-52-30-24-18-12-6/h33-48,53-57,63H,7-32,49-52H2,1-6H3,(H,83,84)/b62-53+. The van der Waals surface area contributed by atoms with Crippen LogP contribution in [0.1, 0.15) is 219 Å². The molecule has 480 valence electrons. The lowest BCUT2D eigenvalue weighted by Gasteiger charge is -2.26. The maximum absolute atomic E-state index is 12.1. The number of aromatic nitrogens is 1. The Morgan fingerprint density at radius 3 is 1.28 bits per heavy atom. The Hall–Kier alpha value is -7.00. The van der Waals surface area contributed by atoms with Crippen molar-refractivity contribution < 1.29 is 28.8 Å². The molecule has 11 heteroatoms. The van der Waals surface area contributed by atoms with Crippen LogP contribution in [0.15, 0.2) is 127 Å². The van der Waals surface area contributed by atoms with Gasteiger partial charge in [-0.2, -0.15) is 5.26 Å². The van der Waals surface area contributed by atoms with Gasteiger partial charge >= 0.3 is 5.97 Å². The van der Waals surface area contributed by atoms with E-state index < -0.39 is 5.97 Å². The van der Waals surface area contributed by atoms with Crippen LogP contribution in [0.3, 0.4) is 0 Å². The molecule has 3 heterocycles. The summed E-state index contributed by atoms with van der Waals surface area (Å²) in [7, 11) is 0. The summed E-state index contributed by atoms with van der Waals surface area (Å²) < 4.78 is 30.7. The molecule has 0 saturated carbocycles. The fraction of sp³-hybridized carbons (Fsp3) is 0.468. The number of nitriles is 1. The van der Waals surface area contributed by atoms with Gasteiger partial charge in [0.1, 0.15) is 34.6 Å². The number of aliphatic carboxylic acids is 1. The first-order chi connectivity index (χ1) is 44.2. The van der Waals surface area contributed by atoms with E-state index in [1.165, 1.54) is 124 Å². The molecule has 8 rings (SSSR count).